The van der Waals surface area contributed by atoms with Crippen molar-refractivity contribution in [2.45, 2.75) is 19.8 Å². The number of hydrogen-bond acceptors (Lipinski definition) is 4. The lowest BCUT2D eigenvalue weighted by Crippen LogP contribution is -2.38. The van der Waals surface area contributed by atoms with Crippen molar-refractivity contribution >= 4 is 12.0 Å². The van der Waals surface area contributed by atoms with Crippen LogP contribution in [0.25, 0.3) is 0 Å². The van der Waals surface area contributed by atoms with Crippen LogP contribution in [0.3, 0.4) is 0 Å². The van der Waals surface area contributed by atoms with Crippen LogP contribution >= 0.6 is 0 Å². The molecule has 0 aliphatic rings. The van der Waals surface area contributed by atoms with Gasteiger partial charge in [-0.2, -0.15) is 0 Å². The summed E-state index contributed by atoms with van der Waals surface area (Å²) in [5.41, 5.74) is 0. The van der Waals surface area contributed by atoms with Crippen molar-refractivity contribution in [1.29, 1.82) is 0 Å². The quantitative estimate of drug-likeness (QED) is 0.478. The molecule has 0 spiro atoms. The van der Waals surface area contributed by atoms with Gasteiger partial charge < -0.3 is 25.4 Å². The van der Waals surface area contributed by atoms with E-state index in [1.807, 2.05) is 19.0 Å². The summed E-state index contributed by atoms with van der Waals surface area (Å²) in [5.74, 6) is -1.17. The Morgan fingerprint density at radius 2 is 1.85 bits per heavy atom. The van der Waals surface area contributed by atoms with Crippen LogP contribution in [0, 0.1) is 5.92 Å². The zero-order valence-electron chi connectivity index (χ0n) is 12.6. The van der Waals surface area contributed by atoms with Gasteiger partial charge in [-0.15, -0.1) is 0 Å². The largest absolute Gasteiger partial charge is 0.481 e. The zero-order valence-corrected chi connectivity index (χ0v) is 12.6. The van der Waals surface area contributed by atoms with Crippen LogP contribution in [0.2, 0.25) is 0 Å². The van der Waals surface area contributed by atoms with E-state index < -0.39 is 5.97 Å². The molecule has 3 N–H and O–H groups in total. The normalized spacial score (nSPS) is 12.2. The molecule has 2 amide bonds. The first-order valence-electron chi connectivity index (χ1n) is 6.90. The minimum atomic E-state index is -0.802. The van der Waals surface area contributed by atoms with E-state index >= 15 is 0 Å². The fourth-order valence-corrected chi connectivity index (χ4v) is 1.38. The Hall–Kier alpha value is -1.34. The van der Waals surface area contributed by atoms with Gasteiger partial charge in [-0.05, 0) is 26.9 Å². The number of rotatable bonds is 11. The van der Waals surface area contributed by atoms with Gasteiger partial charge in [-0.1, -0.05) is 6.92 Å². The van der Waals surface area contributed by atoms with Gasteiger partial charge in [-0.3, -0.25) is 4.79 Å². The maximum atomic E-state index is 11.4. The van der Waals surface area contributed by atoms with Gasteiger partial charge in [0.1, 0.15) is 0 Å². The molecule has 7 nitrogen and oxygen atoms in total. The highest BCUT2D eigenvalue weighted by atomic mass is 16.5. The van der Waals surface area contributed by atoms with Crippen LogP contribution in [-0.2, 0) is 9.53 Å². The van der Waals surface area contributed by atoms with Crippen LogP contribution in [0.1, 0.15) is 19.8 Å². The standard InChI is InChI=1S/C13H27N3O4/c1-11(12(17)18)5-4-6-14-13(19)15-7-9-20-10-8-16(2)3/h11H,4-10H2,1-3H3,(H,17,18)(H2,14,15,19). The second-order valence-corrected chi connectivity index (χ2v) is 4.98. The highest BCUT2D eigenvalue weighted by Crippen LogP contribution is 2.03. The molecule has 20 heavy (non-hydrogen) atoms. The zero-order chi connectivity index (χ0) is 15.4. The maximum absolute atomic E-state index is 11.4. The SMILES string of the molecule is CC(CCCNC(=O)NCCOCCN(C)C)C(=O)O. The Balaban J connectivity index is 3.35. The molecule has 0 aliphatic heterocycles. The van der Waals surface area contributed by atoms with Crippen LogP contribution in [0.15, 0.2) is 0 Å². The number of carbonyl (C=O) groups is 2. The summed E-state index contributed by atoms with van der Waals surface area (Å²) < 4.78 is 5.33. The van der Waals surface area contributed by atoms with Gasteiger partial charge in [0.2, 0.25) is 0 Å². The third-order valence-corrected chi connectivity index (χ3v) is 2.74. The molecule has 0 bridgehead atoms. The van der Waals surface area contributed by atoms with Crippen LogP contribution in [-0.4, -0.2) is 69.0 Å². The van der Waals surface area contributed by atoms with E-state index in [0.717, 1.165) is 6.54 Å². The van der Waals surface area contributed by atoms with E-state index in [2.05, 4.69) is 10.6 Å². The number of hydrogen-bond donors (Lipinski definition) is 3. The highest BCUT2D eigenvalue weighted by Gasteiger charge is 2.09. The summed E-state index contributed by atoms with van der Waals surface area (Å²) in [6.45, 7) is 4.58. The van der Waals surface area contributed by atoms with E-state index in [4.69, 9.17) is 9.84 Å². The molecule has 0 aromatic heterocycles. The molecule has 0 aromatic carbocycles. The number of urea groups is 1. The molecule has 118 valence electrons. The summed E-state index contributed by atoms with van der Waals surface area (Å²) in [6.07, 6.45) is 1.21. The predicted octanol–water partition coefficient (Wildman–Crippen LogP) is 0.365. The topological polar surface area (TPSA) is 90.9 Å². The molecule has 0 heterocycles. The third-order valence-electron chi connectivity index (χ3n) is 2.74. The van der Waals surface area contributed by atoms with E-state index in [1.165, 1.54) is 0 Å². The van der Waals surface area contributed by atoms with Gasteiger partial charge in [0, 0.05) is 19.6 Å². The van der Waals surface area contributed by atoms with Crippen molar-refractivity contribution in [3.05, 3.63) is 0 Å². The average Bonchev–Trinajstić information content (AvgIpc) is 2.37. The second kappa shape index (κ2) is 11.5. The number of nitrogens with one attached hydrogen (secondary N) is 2. The fourth-order valence-electron chi connectivity index (χ4n) is 1.38. The number of ether oxygens (including phenoxy) is 1. The summed E-state index contributed by atoms with van der Waals surface area (Å²) in [5, 5.41) is 14.1. The molecule has 0 radical (unpaired) electrons. The Kier molecular flexibility index (Phi) is 10.7. The first-order valence-corrected chi connectivity index (χ1v) is 6.90. The molecule has 1 unspecified atom stereocenters. The second-order valence-electron chi connectivity index (χ2n) is 4.98. The smallest absolute Gasteiger partial charge is 0.314 e. The highest BCUT2D eigenvalue weighted by molar-refractivity contribution is 5.73. The van der Waals surface area contributed by atoms with Crippen molar-refractivity contribution < 1.29 is 19.4 Å². The van der Waals surface area contributed by atoms with Crippen molar-refractivity contribution in [2.24, 2.45) is 5.92 Å². The van der Waals surface area contributed by atoms with Crippen molar-refractivity contribution in [3.63, 3.8) is 0 Å². The van der Waals surface area contributed by atoms with Crippen molar-refractivity contribution in [1.82, 2.24) is 15.5 Å². The number of carboxylic acid groups (broad SMARTS) is 1. The van der Waals surface area contributed by atoms with Gasteiger partial charge in [0.05, 0.1) is 19.1 Å². The predicted molar refractivity (Wildman–Crippen MR) is 76.8 cm³/mol. The van der Waals surface area contributed by atoms with Gasteiger partial charge in [-0.25, -0.2) is 4.79 Å². The van der Waals surface area contributed by atoms with E-state index in [9.17, 15) is 9.59 Å². The monoisotopic (exact) mass is 289 g/mol. The first kappa shape index (κ1) is 18.7. The first-order chi connectivity index (χ1) is 9.43. The minimum Gasteiger partial charge on any atom is -0.481 e. The number of nitrogens with zero attached hydrogens (tertiary/aromatic N) is 1. The number of aliphatic carboxylic acids is 1. The summed E-state index contributed by atoms with van der Waals surface area (Å²) in [4.78, 5) is 24.0. The number of carbonyl (C=O) groups excluding carboxylic acids is 1. The molecule has 0 aromatic rings. The Morgan fingerprint density at radius 3 is 2.45 bits per heavy atom. The number of carboxylic acids is 1. The van der Waals surface area contributed by atoms with E-state index in [1.54, 1.807) is 6.92 Å². The van der Waals surface area contributed by atoms with Crippen molar-refractivity contribution in [3.8, 4) is 0 Å². The molecule has 0 saturated heterocycles. The van der Waals surface area contributed by atoms with Crippen molar-refractivity contribution in [2.75, 3.05) is 46.9 Å². The Bertz CT molecular complexity index is 285. The number of amides is 2. The van der Waals surface area contributed by atoms with Crippen LogP contribution < -0.4 is 10.6 Å². The Labute approximate surface area is 120 Å². The van der Waals surface area contributed by atoms with E-state index in [-0.39, 0.29) is 11.9 Å². The van der Waals surface area contributed by atoms with Gasteiger partial charge in [0.25, 0.3) is 0 Å². The summed E-state index contributed by atoms with van der Waals surface area (Å²) >= 11 is 0. The van der Waals surface area contributed by atoms with Gasteiger partial charge in [0.15, 0.2) is 0 Å². The molecular weight excluding hydrogens is 262 g/mol. The summed E-state index contributed by atoms with van der Waals surface area (Å²) in [7, 11) is 3.94. The van der Waals surface area contributed by atoms with Crippen LogP contribution in [0.5, 0.6) is 0 Å². The fraction of sp³-hybridized carbons (Fsp3) is 0.846. The lowest BCUT2D eigenvalue weighted by Gasteiger charge is -2.11. The molecule has 1 atom stereocenters. The molecule has 0 rings (SSSR count). The van der Waals surface area contributed by atoms with E-state index in [0.29, 0.717) is 39.1 Å². The minimum absolute atomic E-state index is 0.246. The molecule has 0 fully saturated rings. The summed E-state index contributed by atoms with van der Waals surface area (Å²) in [6, 6.07) is -0.246. The lowest BCUT2D eigenvalue weighted by molar-refractivity contribution is -0.141. The molecule has 0 aliphatic carbocycles. The number of likely N-dealkylation sites (N-methyl/N-ethyl adjacent to an activating group) is 1. The van der Waals surface area contributed by atoms with Gasteiger partial charge >= 0.3 is 12.0 Å². The molecule has 7 heteroatoms. The Morgan fingerprint density at radius 1 is 1.20 bits per heavy atom. The third kappa shape index (κ3) is 11.7. The van der Waals surface area contributed by atoms with Crippen LogP contribution in [0.4, 0.5) is 4.79 Å². The molecular formula is C13H27N3O4. The molecule has 0 saturated carbocycles. The average molecular weight is 289 g/mol. The lowest BCUT2D eigenvalue weighted by atomic mass is 10.1. The maximum Gasteiger partial charge on any atom is 0.314 e.